The lowest BCUT2D eigenvalue weighted by atomic mass is 10.2. The third-order valence-corrected chi connectivity index (χ3v) is 4.46. The second-order valence-electron chi connectivity index (χ2n) is 5.78. The summed E-state index contributed by atoms with van der Waals surface area (Å²) >= 11 is 11.8. The van der Waals surface area contributed by atoms with Gasteiger partial charge in [-0.3, -0.25) is 4.79 Å². The highest BCUT2D eigenvalue weighted by Gasteiger charge is 2.12. The van der Waals surface area contributed by atoms with Crippen LogP contribution in [0.5, 0.6) is 0 Å². The predicted octanol–water partition coefficient (Wildman–Crippen LogP) is 4.16. The molecule has 1 heterocycles. The topological polar surface area (TPSA) is 47.4 Å². The van der Waals surface area contributed by atoms with Crippen molar-refractivity contribution < 1.29 is 9.53 Å². The van der Waals surface area contributed by atoms with Crippen molar-refractivity contribution in [3.8, 4) is 0 Å². The second-order valence-corrected chi connectivity index (χ2v) is 6.54. The van der Waals surface area contributed by atoms with Crippen molar-refractivity contribution in [2.45, 2.75) is 26.2 Å². The van der Waals surface area contributed by atoms with Gasteiger partial charge < -0.3 is 14.2 Å². The molecule has 0 N–H and O–H groups in total. The quantitative estimate of drug-likeness (QED) is 0.426. The molecule has 0 saturated carbocycles. The molecule has 5 nitrogen and oxygen atoms in total. The lowest BCUT2D eigenvalue weighted by Gasteiger charge is -2.22. The van der Waals surface area contributed by atoms with Gasteiger partial charge in [-0.2, -0.15) is 0 Å². The normalized spacial score (nSPS) is 10.6. The Balaban J connectivity index is 0.00000338. The third-order valence-electron chi connectivity index (χ3n) is 4.12. The number of aromatic nitrogens is 2. The summed E-state index contributed by atoms with van der Waals surface area (Å²) in [5.41, 5.74) is 3.09. The molecule has 0 bridgehead atoms. The van der Waals surface area contributed by atoms with Crippen LogP contribution in [-0.4, -0.2) is 47.0 Å². The number of anilines is 1. The number of halogens is 3. The van der Waals surface area contributed by atoms with Crippen LogP contribution in [0, 0.1) is 0 Å². The Morgan fingerprint density at radius 1 is 1.27 bits per heavy atom. The van der Waals surface area contributed by atoms with Crippen LogP contribution in [0.1, 0.15) is 25.6 Å². The molecular formula is C18H26Cl3N3O2. The molecule has 8 heteroatoms. The second kappa shape index (κ2) is 11.5. The van der Waals surface area contributed by atoms with E-state index in [0.717, 1.165) is 48.5 Å². The molecule has 146 valence electrons. The summed E-state index contributed by atoms with van der Waals surface area (Å²) in [6, 6.07) is 6.22. The SMILES string of the molecule is CCOC(=O)CCCc1nc2cc(N(CCCl)CCCl)ccc2n1C.Cl. The molecule has 0 radical (unpaired) electrons. The number of ether oxygens (including phenoxy) is 1. The van der Waals surface area contributed by atoms with Crippen LogP contribution in [0.4, 0.5) is 5.69 Å². The third kappa shape index (κ3) is 5.93. The lowest BCUT2D eigenvalue weighted by Crippen LogP contribution is -2.27. The van der Waals surface area contributed by atoms with Crippen LogP contribution in [-0.2, 0) is 23.0 Å². The number of esters is 1. The first-order chi connectivity index (χ1) is 12.1. The first-order valence-electron chi connectivity index (χ1n) is 8.58. The summed E-state index contributed by atoms with van der Waals surface area (Å²) < 4.78 is 7.04. The number of hydrogen-bond donors (Lipinski definition) is 0. The summed E-state index contributed by atoms with van der Waals surface area (Å²) in [6.45, 7) is 3.74. The molecule has 0 spiro atoms. The molecule has 0 fully saturated rings. The highest BCUT2D eigenvalue weighted by Crippen LogP contribution is 2.23. The first-order valence-corrected chi connectivity index (χ1v) is 9.65. The summed E-state index contributed by atoms with van der Waals surface area (Å²) in [5, 5.41) is 0. The van der Waals surface area contributed by atoms with Crippen LogP contribution in [0.15, 0.2) is 18.2 Å². The van der Waals surface area contributed by atoms with Crippen LogP contribution in [0.3, 0.4) is 0 Å². The molecule has 0 unspecified atom stereocenters. The molecular weight excluding hydrogens is 397 g/mol. The van der Waals surface area contributed by atoms with E-state index in [1.165, 1.54) is 0 Å². The molecule has 0 amide bonds. The minimum Gasteiger partial charge on any atom is -0.466 e. The molecule has 1 aromatic carbocycles. The number of carbonyl (C=O) groups is 1. The Labute approximate surface area is 171 Å². The van der Waals surface area contributed by atoms with Crippen molar-refractivity contribution in [3.05, 3.63) is 24.0 Å². The molecule has 2 aromatic rings. The first kappa shape index (κ1) is 22.9. The molecule has 0 aliphatic heterocycles. The Morgan fingerprint density at radius 2 is 1.96 bits per heavy atom. The molecule has 0 aliphatic carbocycles. The zero-order valence-electron chi connectivity index (χ0n) is 15.2. The summed E-state index contributed by atoms with van der Waals surface area (Å²) in [4.78, 5) is 18.4. The van der Waals surface area contributed by atoms with Gasteiger partial charge in [0.05, 0.1) is 17.6 Å². The van der Waals surface area contributed by atoms with E-state index in [-0.39, 0.29) is 18.4 Å². The maximum Gasteiger partial charge on any atom is 0.305 e. The van der Waals surface area contributed by atoms with Gasteiger partial charge >= 0.3 is 5.97 Å². The van der Waals surface area contributed by atoms with Gasteiger partial charge in [-0.15, -0.1) is 35.6 Å². The Bertz CT molecular complexity index is 700. The highest BCUT2D eigenvalue weighted by atomic mass is 35.5. The maximum absolute atomic E-state index is 11.5. The number of hydrogen-bond acceptors (Lipinski definition) is 4. The fourth-order valence-corrected chi connectivity index (χ4v) is 3.26. The smallest absolute Gasteiger partial charge is 0.305 e. The number of aryl methyl sites for hydroxylation is 2. The van der Waals surface area contributed by atoms with Crippen LogP contribution < -0.4 is 4.90 Å². The zero-order chi connectivity index (χ0) is 18.2. The fourth-order valence-electron chi connectivity index (χ4n) is 2.86. The largest absolute Gasteiger partial charge is 0.466 e. The number of imidazole rings is 1. The van der Waals surface area contributed by atoms with Crippen molar-refractivity contribution >= 4 is 58.3 Å². The molecule has 1 aromatic heterocycles. The zero-order valence-corrected chi connectivity index (χ0v) is 17.5. The minimum atomic E-state index is -0.152. The number of rotatable bonds is 10. The lowest BCUT2D eigenvalue weighted by molar-refractivity contribution is -0.143. The van der Waals surface area contributed by atoms with E-state index in [1.54, 1.807) is 0 Å². The number of benzene rings is 1. The van der Waals surface area contributed by atoms with E-state index in [9.17, 15) is 4.79 Å². The number of fused-ring (bicyclic) bond motifs is 1. The molecule has 26 heavy (non-hydrogen) atoms. The average Bonchev–Trinajstić information content (AvgIpc) is 2.90. The van der Waals surface area contributed by atoms with Crippen molar-refractivity contribution in [2.24, 2.45) is 7.05 Å². The average molecular weight is 423 g/mol. The standard InChI is InChI=1S/C18H25Cl2N3O2.ClH/c1-3-25-18(24)6-4-5-17-21-15-13-14(7-8-16(15)22(17)2)23(11-9-19)12-10-20;/h7-8,13H,3-6,9-12H2,1-2H3;1H. The van der Waals surface area contributed by atoms with Crippen LogP contribution in [0.25, 0.3) is 11.0 Å². The van der Waals surface area contributed by atoms with Gasteiger partial charge in [0, 0.05) is 50.4 Å². The van der Waals surface area contributed by atoms with Crippen LogP contribution >= 0.6 is 35.6 Å². The van der Waals surface area contributed by atoms with E-state index in [0.29, 0.717) is 24.8 Å². The van der Waals surface area contributed by atoms with E-state index in [2.05, 4.69) is 27.7 Å². The number of alkyl halides is 2. The van der Waals surface area contributed by atoms with Crippen molar-refractivity contribution in [1.82, 2.24) is 9.55 Å². The number of carbonyl (C=O) groups excluding carboxylic acids is 1. The van der Waals surface area contributed by atoms with Gasteiger partial charge in [0.25, 0.3) is 0 Å². The van der Waals surface area contributed by atoms with E-state index in [4.69, 9.17) is 32.9 Å². The Morgan fingerprint density at radius 3 is 2.58 bits per heavy atom. The molecule has 0 atom stereocenters. The van der Waals surface area contributed by atoms with Gasteiger partial charge in [0.2, 0.25) is 0 Å². The van der Waals surface area contributed by atoms with Gasteiger partial charge in [-0.05, 0) is 31.5 Å². The summed E-state index contributed by atoms with van der Waals surface area (Å²) in [6.07, 6.45) is 1.89. The Kier molecular flexibility index (Phi) is 10.1. The number of nitrogens with zero attached hydrogens (tertiary/aromatic N) is 3. The summed E-state index contributed by atoms with van der Waals surface area (Å²) in [7, 11) is 2.00. The maximum atomic E-state index is 11.5. The van der Waals surface area contributed by atoms with Crippen LogP contribution in [0.2, 0.25) is 0 Å². The summed E-state index contributed by atoms with van der Waals surface area (Å²) in [5.74, 6) is 1.92. The van der Waals surface area contributed by atoms with E-state index >= 15 is 0 Å². The van der Waals surface area contributed by atoms with Gasteiger partial charge in [-0.1, -0.05) is 0 Å². The van der Waals surface area contributed by atoms with Gasteiger partial charge in [0.1, 0.15) is 5.82 Å². The minimum absolute atomic E-state index is 0. The highest BCUT2D eigenvalue weighted by molar-refractivity contribution is 6.18. The van der Waals surface area contributed by atoms with Crippen molar-refractivity contribution in [3.63, 3.8) is 0 Å². The van der Waals surface area contributed by atoms with Gasteiger partial charge in [0.15, 0.2) is 0 Å². The molecule has 0 saturated heterocycles. The van der Waals surface area contributed by atoms with Gasteiger partial charge in [-0.25, -0.2) is 4.98 Å². The Hall–Kier alpha value is -1.17. The molecule has 0 aliphatic rings. The fraction of sp³-hybridized carbons (Fsp3) is 0.556. The van der Waals surface area contributed by atoms with Crippen molar-refractivity contribution in [2.75, 3.05) is 36.4 Å². The van der Waals surface area contributed by atoms with E-state index in [1.807, 2.05) is 14.0 Å². The van der Waals surface area contributed by atoms with Crippen molar-refractivity contribution in [1.29, 1.82) is 0 Å². The van der Waals surface area contributed by atoms with E-state index < -0.39 is 0 Å². The molecule has 2 rings (SSSR count). The predicted molar refractivity (Wildman–Crippen MR) is 111 cm³/mol. The monoisotopic (exact) mass is 421 g/mol.